The molecular weight excluding hydrogens is 252 g/mol. The molecule has 2 rings (SSSR count). The number of ether oxygens (including phenoxy) is 2. The lowest BCUT2D eigenvalue weighted by Crippen LogP contribution is -2.59. The smallest absolute Gasteiger partial charge is 0.332 e. The summed E-state index contributed by atoms with van der Waals surface area (Å²) >= 11 is 0. The Balaban J connectivity index is 1.92. The highest BCUT2D eigenvalue weighted by Gasteiger charge is 2.44. The number of nitrogens with one attached hydrogen (secondary N) is 1. The summed E-state index contributed by atoms with van der Waals surface area (Å²) in [7, 11) is 1.66. The Bertz CT molecular complexity index is 346. The highest BCUT2D eigenvalue weighted by Crippen LogP contribution is 2.20. The lowest BCUT2D eigenvalue weighted by Gasteiger charge is -2.34. The van der Waals surface area contributed by atoms with Crippen LogP contribution in [0.4, 0.5) is 4.79 Å². The number of carbonyl (C=O) groups excluding carboxylic acids is 1. The number of nitrogens with zero attached hydrogens (tertiary/aromatic N) is 1. The lowest BCUT2D eigenvalue weighted by atomic mass is 9.99. The number of likely N-dealkylation sites (tertiary alicyclic amines) is 1. The first kappa shape index (κ1) is 14.1. The maximum atomic E-state index is 12.1. The van der Waals surface area contributed by atoms with Crippen LogP contribution in [0.2, 0.25) is 0 Å². The van der Waals surface area contributed by atoms with Crippen molar-refractivity contribution in [1.82, 2.24) is 10.2 Å². The Morgan fingerprint density at radius 2 is 2.11 bits per heavy atom. The van der Waals surface area contributed by atoms with E-state index in [2.05, 4.69) is 5.32 Å². The van der Waals surface area contributed by atoms with Crippen molar-refractivity contribution >= 4 is 12.0 Å². The van der Waals surface area contributed by atoms with Crippen molar-refractivity contribution in [2.24, 2.45) is 0 Å². The summed E-state index contributed by atoms with van der Waals surface area (Å²) in [6, 6.07) is -0.331. The third-order valence-corrected chi connectivity index (χ3v) is 3.84. The molecular formula is C12H20N2O5. The first-order valence-corrected chi connectivity index (χ1v) is 6.48. The van der Waals surface area contributed by atoms with E-state index >= 15 is 0 Å². The number of carboxylic acids is 1. The number of urea groups is 1. The fourth-order valence-electron chi connectivity index (χ4n) is 2.46. The van der Waals surface area contributed by atoms with Gasteiger partial charge in [0.25, 0.3) is 0 Å². The molecule has 0 spiro atoms. The summed E-state index contributed by atoms with van der Waals surface area (Å²) in [6.07, 6.45) is 2.05. The minimum absolute atomic E-state index is 0.0304. The van der Waals surface area contributed by atoms with Crippen LogP contribution in [0.5, 0.6) is 0 Å². The van der Waals surface area contributed by atoms with Crippen LogP contribution >= 0.6 is 0 Å². The molecule has 19 heavy (non-hydrogen) atoms. The van der Waals surface area contributed by atoms with Gasteiger partial charge in [0.2, 0.25) is 0 Å². The molecule has 0 saturated carbocycles. The third kappa shape index (κ3) is 2.98. The third-order valence-electron chi connectivity index (χ3n) is 3.84. The molecule has 0 aromatic carbocycles. The predicted molar refractivity (Wildman–Crippen MR) is 65.9 cm³/mol. The first-order chi connectivity index (χ1) is 9.07. The van der Waals surface area contributed by atoms with Gasteiger partial charge in [0.1, 0.15) is 0 Å². The molecule has 0 aliphatic carbocycles. The van der Waals surface area contributed by atoms with E-state index in [1.807, 2.05) is 0 Å². The van der Waals surface area contributed by atoms with Crippen molar-refractivity contribution in [2.45, 2.75) is 30.9 Å². The molecule has 2 heterocycles. The maximum Gasteiger partial charge on any atom is 0.332 e. The molecule has 7 nitrogen and oxygen atoms in total. The van der Waals surface area contributed by atoms with Crippen molar-refractivity contribution in [2.75, 3.05) is 33.4 Å². The molecule has 0 aromatic heterocycles. The van der Waals surface area contributed by atoms with Crippen molar-refractivity contribution in [1.29, 1.82) is 0 Å². The van der Waals surface area contributed by atoms with Gasteiger partial charge in [-0.3, -0.25) is 0 Å². The molecule has 2 aliphatic heterocycles. The lowest BCUT2D eigenvalue weighted by molar-refractivity contribution is -0.144. The minimum Gasteiger partial charge on any atom is -0.479 e. The largest absolute Gasteiger partial charge is 0.479 e. The molecule has 2 aliphatic rings. The van der Waals surface area contributed by atoms with E-state index < -0.39 is 11.5 Å². The Morgan fingerprint density at radius 1 is 1.42 bits per heavy atom. The normalized spacial score (nSPS) is 28.4. The van der Waals surface area contributed by atoms with Gasteiger partial charge in [-0.2, -0.15) is 0 Å². The van der Waals surface area contributed by atoms with Crippen LogP contribution in [0.15, 0.2) is 0 Å². The van der Waals surface area contributed by atoms with Gasteiger partial charge >= 0.3 is 12.0 Å². The number of aliphatic carboxylic acids is 1. The van der Waals surface area contributed by atoms with E-state index in [0.717, 1.165) is 12.8 Å². The molecule has 1 atom stereocenters. The summed E-state index contributed by atoms with van der Waals surface area (Å²) in [6.45, 7) is 1.56. The Morgan fingerprint density at radius 3 is 2.58 bits per heavy atom. The summed E-state index contributed by atoms with van der Waals surface area (Å²) in [4.78, 5) is 25.1. The molecule has 2 amide bonds. The molecule has 2 saturated heterocycles. The number of hydrogen-bond acceptors (Lipinski definition) is 4. The predicted octanol–water partition coefficient (Wildman–Crippen LogP) is 0.0505. The zero-order valence-corrected chi connectivity index (χ0v) is 11.1. The van der Waals surface area contributed by atoms with Crippen molar-refractivity contribution < 1.29 is 24.2 Å². The average molecular weight is 272 g/mol. The van der Waals surface area contributed by atoms with Gasteiger partial charge in [0.15, 0.2) is 5.54 Å². The Hall–Kier alpha value is -1.34. The molecule has 2 fully saturated rings. The molecule has 108 valence electrons. The summed E-state index contributed by atoms with van der Waals surface area (Å²) < 4.78 is 10.3. The summed E-state index contributed by atoms with van der Waals surface area (Å²) in [5.74, 6) is -1.04. The molecule has 7 heteroatoms. The summed E-state index contributed by atoms with van der Waals surface area (Å²) in [5, 5.41) is 11.9. The fraction of sp³-hybridized carbons (Fsp3) is 0.833. The molecule has 2 N–H and O–H groups in total. The monoisotopic (exact) mass is 272 g/mol. The second kappa shape index (κ2) is 5.75. The number of methoxy groups -OCH3 is 1. The van der Waals surface area contributed by atoms with Gasteiger partial charge in [0.05, 0.1) is 12.7 Å². The average Bonchev–Trinajstić information content (AvgIpc) is 2.88. The van der Waals surface area contributed by atoms with E-state index in [1.165, 1.54) is 0 Å². The van der Waals surface area contributed by atoms with Gasteiger partial charge in [0, 0.05) is 33.2 Å². The second-order valence-electron chi connectivity index (χ2n) is 5.04. The quantitative estimate of drug-likeness (QED) is 0.758. The zero-order valence-electron chi connectivity index (χ0n) is 11.1. The molecule has 0 radical (unpaired) electrons. The van der Waals surface area contributed by atoms with Gasteiger partial charge in [-0.05, 0) is 12.8 Å². The highest BCUT2D eigenvalue weighted by molar-refractivity contribution is 5.86. The van der Waals surface area contributed by atoms with Crippen LogP contribution in [0, 0.1) is 0 Å². The van der Waals surface area contributed by atoms with Crippen LogP contribution in [0.25, 0.3) is 0 Å². The number of hydrogen-bond donors (Lipinski definition) is 2. The van der Waals surface area contributed by atoms with E-state index in [0.29, 0.717) is 26.1 Å². The zero-order chi connectivity index (χ0) is 13.9. The maximum absolute atomic E-state index is 12.1. The topological polar surface area (TPSA) is 88.1 Å². The summed E-state index contributed by atoms with van der Waals surface area (Å²) in [5.41, 5.74) is -1.27. The van der Waals surface area contributed by atoms with Crippen molar-refractivity contribution in [3.63, 3.8) is 0 Å². The Kier molecular flexibility index (Phi) is 4.26. The number of carbonyl (C=O) groups is 2. The van der Waals surface area contributed by atoms with Crippen LogP contribution in [-0.2, 0) is 14.3 Å². The van der Waals surface area contributed by atoms with Crippen LogP contribution < -0.4 is 5.32 Å². The van der Waals surface area contributed by atoms with Crippen molar-refractivity contribution in [3.05, 3.63) is 0 Å². The Labute approximate surface area is 111 Å². The SMILES string of the molecule is COC1CCN(C(=O)NC2(C(=O)O)CCOC2)CC1. The van der Waals surface area contributed by atoms with Crippen LogP contribution in [-0.4, -0.2) is 67.1 Å². The standard InChI is InChI=1S/C12H20N2O5/c1-18-9-2-5-14(6-3-9)11(17)13-12(10(15)16)4-7-19-8-12/h9H,2-8H2,1H3,(H,13,17)(H,15,16). The van der Waals surface area contributed by atoms with Crippen molar-refractivity contribution in [3.8, 4) is 0 Å². The van der Waals surface area contributed by atoms with Crippen LogP contribution in [0.1, 0.15) is 19.3 Å². The molecule has 1 unspecified atom stereocenters. The second-order valence-corrected chi connectivity index (χ2v) is 5.04. The first-order valence-electron chi connectivity index (χ1n) is 6.48. The van der Waals surface area contributed by atoms with Crippen LogP contribution in [0.3, 0.4) is 0 Å². The number of rotatable bonds is 3. The molecule has 0 bridgehead atoms. The minimum atomic E-state index is -1.27. The van der Waals surface area contributed by atoms with Gasteiger partial charge in [-0.1, -0.05) is 0 Å². The number of piperidine rings is 1. The van der Waals surface area contributed by atoms with E-state index in [1.54, 1.807) is 12.0 Å². The number of carboxylic acid groups (broad SMARTS) is 1. The van der Waals surface area contributed by atoms with E-state index in [4.69, 9.17) is 9.47 Å². The van der Waals surface area contributed by atoms with Gasteiger partial charge in [-0.25, -0.2) is 9.59 Å². The van der Waals surface area contributed by atoms with Gasteiger partial charge in [-0.15, -0.1) is 0 Å². The highest BCUT2D eigenvalue weighted by atomic mass is 16.5. The number of amides is 2. The van der Waals surface area contributed by atoms with Gasteiger partial charge < -0.3 is 24.8 Å². The van der Waals surface area contributed by atoms with E-state index in [-0.39, 0.29) is 18.7 Å². The fourth-order valence-corrected chi connectivity index (χ4v) is 2.46. The molecule has 0 aromatic rings. The van der Waals surface area contributed by atoms with E-state index in [9.17, 15) is 14.7 Å².